The summed E-state index contributed by atoms with van der Waals surface area (Å²) in [6.45, 7) is 6.92. The highest BCUT2D eigenvalue weighted by atomic mass is 32.1. The Morgan fingerprint density at radius 2 is 1.65 bits per heavy atom. The minimum absolute atomic E-state index is 0.0561. The lowest BCUT2D eigenvalue weighted by Gasteiger charge is -2.37. The van der Waals surface area contributed by atoms with Gasteiger partial charge in [-0.05, 0) is 63.5 Å². The average Bonchev–Trinajstić information content (AvgIpc) is 3.20. The molecule has 3 heteroatoms. The first-order valence-corrected chi connectivity index (χ1v) is 12.8. The second kappa shape index (κ2) is 7.10. The highest BCUT2D eigenvalue weighted by Crippen LogP contribution is 2.48. The van der Waals surface area contributed by atoms with Crippen molar-refractivity contribution in [3.8, 4) is 11.1 Å². The van der Waals surface area contributed by atoms with Gasteiger partial charge in [0, 0.05) is 21.4 Å². The highest BCUT2D eigenvalue weighted by Gasteiger charge is 2.34. The van der Waals surface area contributed by atoms with Crippen LogP contribution in [0.25, 0.3) is 21.2 Å². The molecule has 2 aliphatic rings. The van der Waals surface area contributed by atoms with Crippen LogP contribution < -0.4 is 15.6 Å². The molecule has 0 fully saturated rings. The van der Waals surface area contributed by atoms with Crippen molar-refractivity contribution in [3.63, 3.8) is 0 Å². The van der Waals surface area contributed by atoms with Gasteiger partial charge in [-0.2, -0.15) is 11.3 Å². The van der Waals surface area contributed by atoms with E-state index in [2.05, 4.69) is 112 Å². The van der Waals surface area contributed by atoms with Gasteiger partial charge in [-0.25, -0.2) is 0 Å². The van der Waals surface area contributed by atoms with Crippen molar-refractivity contribution in [2.75, 3.05) is 5.32 Å². The zero-order valence-corrected chi connectivity index (χ0v) is 20.5. The summed E-state index contributed by atoms with van der Waals surface area (Å²) in [5.74, 6) is 0. The Bertz CT molecular complexity index is 1620. The van der Waals surface area contributed by atoms with Gasteiger partial charge in [-0.1, -0.05) is 91.6 Å². The van der Waals surface area contributed by atoms with Crippen LogP contribution in [0.4, 0.5) is 11.4 Å². The highest BCUT2D eigenvalue weighted by molar-refractivity contribution is 7.28. The van der Waals surface area contributed by atoms with E-state index in [1.165, 1.54) is 70.6 Å². The van der Waals surface area contributed by atoms with Crippen molar-refractivity contribution in [3.05, 3.63) is 107 Å². The van der Waals surface area contributed by atoms with E-state index in [1.807, 2.05) is 11.3 Å². The van der Waals surface area contributed by atoms with E-state index in [4.69, 9.17) is 0 Å². The van der Waals surface area contributed by atoms with Crippen LogP contribution in [0, 0.1) is 6.92 Å². The molecule has 0 unspecified atom stereocenters. The van der Waals surface area contributed by atoms with E-state index in [0.29, 0.717) is 0 Å². The zero-order valence-electron chi connectivity index (χ0n) is 19.7. The van der Waals surface area contributed by atoms with Crippen molar-refractivity contribution >= 4 is 50.3 Å². The Morgan fingerprint density at radius 1 is 0.853 bits per heavy atom. The normalized spacial score (nSPS) is 14.9. The lowest BCUT2D eigenvalue weighted by molar-refractivity contribution is 0.638. The third-order valence-corrected chi connectivity index (χ3v) is 8.83. The lowest BCUT2D eigenvalue weighted by Crippen LogP contribution is -2.37. The van der Waals surface area contributed by atoms with E-state index in [9.17, 15) is 0 Å². The summed E-state index contributed by atoms with van der Waals surface area (Å²) in [5.41, 5.74) is 13.3. The molecule has 1 nitrogen and oxygen atoms in total. The first-order valence-electron chi connectivity index (χ1n) is 12.0. The van der Waals surface area contributed by atoms with Crippen LogP contribution in [0.2, 0.25) is 0 Å². The summed E-state index contributed by atoms with van der Waals surface area (Å²) in [7, 11) is 2.44. The molecule has 1 aromatic heterocycles. The van der Waals surface area contributed by atoms with Gasteiger partial charge in [0.25, 0.3) is 0 Å². The average molecular weight is 454 g/mol. The van der Waals surface area contributed by atoms with Crippen LogP contribution in [0.15, 0.2) is 78.9 Å². The topological polar surface area (TPSA) is 12.0 Å². The molecule has 7 rings (SSSR count). The van der Waals surface area contributed by atoms with E-state index in [1.54, 1.807) is 0 Å². The summed E-state index contributed by atoms with van der Waals surface area (Å²) in [6, 6.07) is 29.1. The number of hydrogen-bond acceptors (Lipinski definition) is 2. The number of fused-ring (bicyclic) bond motifs is 6. The molecule has 34 heavy (non-hydrogen) atoms. The molecule has 0 saturated carbocycles. The largest absolute Gasteiger partial charge is 0.355 e. The van der Waals surface area contributed by atoms with Gasteiger partial charge in [-0.15, -0.1) is 0 Å². The predicted molar refractivity (Wildman–Crippen MR) is 148 cm³/mol. The van der Waals surface area contributed by atoms with Gasteiger partial charge >= 0.3 is 0 Å². The fraction of sp³-hybridized carbons (Fsp3) is 0.161. The summed E-state index contributed by atoms with van der Waals surface area (Å²) in [6.07, 6.45) is 0.997. The van der Waals surface area contributed by atoms with Crippen molar-refractivity contribution in [1.82, 2.24) is 0 Å². The molecule has 5 aromatic rings. The number of aryl methyl sites for hydroxylation is 1. The molecule has 1 radical (unpaired) electrons. The lowest BCUT2D eigenvalue weighted by atomic mass is 9.58. The van der Waals surface area contributed by atoms with Gasteiger partial charge in [-0.3, -0.25) is 0 Å². The van der Waals surface area contributed by atoms with Gasteiger partial charge in [0.05, 0.1) is 5.69 Å². The fourth-order valence-corrected chi connectivity index (χ4v) is 7.17. The number of nitrogens with one attached hydrogen (secondary N) is 1. The summed E-state index contributed by atoms with van der Waals surface area (Å²) < 4.78 is 2.79. The van der Waals surface area contributed by atoms with Crippen LogP contribution >= 0.6 is 11.3 Å². The third kappa shape index (κ3) is 2.80. The molecule has 0 bridgehead atoms. The number of para-hydroxylation sites is 2. The molecule has 0 amide bonds. The molecule has 1 N–H and O–H groups in total. The molecular weight excluding hydrogens is 429 g/mol. The fourth-order valence-electron chi connectivity index (χ4n) is 6.00. The Balaban J connectivity index is 1.43. The van der Waals surface area contributed by atoms with Crippen LogP contribution in [0.3, 0.4) is 0 Å². The Hall–Kier alpha value is -3.30. The number of anilines is 2. The monoisotopic (exact) mass is 454 g/mol. The first-order chi connectivity index (χ1) is 16.5. The van der Waals surface area contributed by atoms with E-state index < -0.39 is 0 Å². The molecule has 163 valence electrons. The maximum Gasteiger partial charge on any atom is 0.206 e. The van der Waals surface area contributed by atoms with Gasteiger partial charge in [0.1, 0.15) is 0 Å². The van der Waals surface area contributed by atoms with Gasteiger partial charge in [0.15, 0.2) is 0 Å². The Morgan fingerprint density at radius 3 is 2.56 bits per heavy atom. The maximum absolute atomic E-state index is 3.82. The minimum atomic E-state index is -0.0561. The van der Waals surface area contributed by atoms with Crippen LogP contribution in [0.5, 0.6) is 0 Å². The van der Waals surface area contributed by atoms with Crippen LogP contribution in [-0.2, 0) is 11.8 Å². The quantitative estimate of drug-likeness (QED) is 0.269. The SMILES string of the molecule is Cc1cc2c(c(-c3cccc4c3Nc3ccccc3C4(C)C)c1)[B]c1sc3ccccc3c1C2. The number of thiophene rings is 1. The van der Waals surface area contributed by atoms with Crippen molar-refractivity contribution in [2.45, 2.75) is 32.6 Å². The van der Waals surface area contributed by atoms with Crippen LogP contribution in [0.1, 0.15) is 41.7 Å². The number of hydrogen-bond donors (Lipinski definition) is 1. The summed E-state index contributed by atoms with van der Waals surface area (Å²) in [4.78, 5) is 0. The molecule has 4 aromatic carbocycles. The molecule has 0 spiro atoms. The number of rotatable bonds is 1. The number of benzene rings is 4. The van der Waals surface area contributed by atoms with Gasteiger partial charge in [0.2, 0.25) is 7.28 Å². The predicted octanol–water partition coefficient (Wildman–Crippen LogP) is 6.82. The summed E-state index contributed by atoms with van der Waals surface area (Å²) in [5, 5.41) is 5.23. The van der Waals surface area contributed by atoms with Crippen molar-refractivity contribution in [2.24, 2.45) is 0 Å². The van der Waals surface area contributed by atoms with E-state index in [0.717, 1.165) is 6.42 Å². The molecular formula is C31H25BNS. The van der Waals surface area contributed by atoms with E-state index >= 15 is 0 Å². The Labute approximate surface area is 205 Å². The standard InChI is InChI=1S/C31H25BNS/c1-18-15-19-17-23-20-9-4-7-14-27(20)34-30(23)32-28(19)22(16-18)21-10-8-12-25-29(21)33-26-13-6-5-11-24(26)31(25,2)3/h4-16,33H,17H2,1-3H3. The smallest absolute Gasteiger partial charge is 0.206 e. The minimum Gasteiger partial charge on any atom is -0.355 e. The maximum atomic E-state index is 3.82. The molecule has 0 aliphatic carbocycles. The molecule has 0 saturated heterocycles. The van der Waals surface area contributed by atoms with Crippen LogP contribution in [-0.4, -0.2) is 7.28 Å². The molecule has 2 aliphatic heterocycles. The van der Waals surface area contributed by atoms with E-state index in [-0.39, 0.29) is 5.41 Å². The van der Waals surface area contributed by atoms with Gasteiger partial charge < -0.3 is 5.32 Å². The first kappa shape index (κ1) is 20.1. The summed E-state index contributed by atoms with van der Waals surface area (Å²) >= 11 is 1.92. The third-order valence-electron chi connectivity index (χ3n) is 7.67. The zero-order chi connectivity index (χ0) is 23.0. The Kier molecular flexibility index (Phi) is 4.20. The molecule has 3 heterocycles. The molecule has 0 atom stereocenters. The van der Waals surface area contributed by atoms with Crippen molar-refractivity contribution < 1.29 is 0 Å². The second-order valence-electron chi connectivity index (χ2n) is 10.2. The second-order valence-corrected chi connectivity index (χ2v) is 11.3. The van der Waals surface area contributed by atoms with Crippen molar-refractivity contribution in [1.29, 1.82) is 0 Å².